The quantitative estimate of drug-likeness (QED) is 0.498. The fraction of sp³-hybridized carbons (Fsp3) is 0.185. The van der Waals surface area contributed by atoms with E-state index >= 15 is 0 Å². The number of rotatable bonds is 6. The summed E-state index contributed by atoms with van der Waals surface area (Å²) >= 11 is 12.0. The highest BCUT2D eigenvalue weighted by atomic mass is 35.5. The molecule has 0 saturated carbocycles. The molecule has 3 amide bonds. The average molecular weight is 523 g/mol. The number of likely N-dealkylation sites (N-methyl/N-ethyl adjacent to an activating group) is 1. The maximum absolute atomic E-state index is 13.2. The number of primary amides is 1. The minimum absolute atomic E-state index is 0.300. The highest BCUT2D eigenvalue weighted by Gasteiger charge is 2.29. The largest absolute Gasteiger partial charge is 0.366 e. The molecular formula is C27H24Cl2N4O3. The van der Waals surface area contributed by atoms with Gasteiger partial charge in [0.15, 0.2) is 0 Å². The lowest BCUT2D eigenvalue weighted by Gasteiger charge is -2.22. The molecule has 9 heteroatoms. The normalized spacial score (nSPS) is 15.7. The van der Waals surface area contributed by atoms with Crippen molar-refractivity contribution in [3.8, 4) is 11.1 Å². The highest BCUT2D eigenvalue weighted by Crippen LogP contribution is 2.29. The molecule has 0 saturated heterocycles. The topological polar surface area (TPSA) is 105 Å². The lowest BCUT2D eigenvalue weighted by molar-refractivity contribution is -0.129. The zero-order valence-electron chi connectivity index (χ0n) is 19.7. The van der Waals surface area contributed by atoms with Crippen LogP contribution in [-0.4, -0.2) is 37.1 Å². The molecule has 3 aromatic rings. The number of nitrogens with one attached hydrogen (secondary N) is 1. The van der Waals surface area contributed by atoms with E-state index in [1.54, 1.807) is 56.6 Å². The molecule has 1 aliphatic rings. The van der Waals surface area contributed by atoms with Crippen LogP contribution in [0.4, 0.5) is 5.69 Å². The van der Waals surface area contributed by atoms with E-state index in [0.717, 1.165) is 22.3 Å². The molecule has 0 aromatic heterocycles. The van der Waals surface area contributed by atoms with Gasteiger partial charge < -0.3 is 16.0 Å². The molecule has 2 unspecified atom stereocenters. The Hall–Kier alpha value is -3.68. The molecule has 0 bridgehead atoms. The van der Waals surface area contributed by atoms with Crippen molar-refractivity contribution in [1.82, 2.24) is 5.32 Å². The first kappa shape index (κ1) is 25.4. The van der Waals surface area contributed by atoms with Gasteiger partial charge in [0.05, 0.1) is 15.7 Å². The van der Waals surface area contributed by atoms with Gasteiger partial charge in [-0.2, -0.15) is 0 Å². The first-order valence-corrected chi connectivity index (χ1v) is 12.0. The zero-order chi connectivity index (χ0) is 26.0. The number of carbonyl (C=O) groups excluding carboxylic acids is 3. The van der Waals surface area contributed by atoms with E-state index in [0.29, 0.717) is 27.7 Å². The lowest BCUT2D eigenvalue weighted by Crippen LogP contribution is -2.47. The van der Waals surface area contributed by atoms with Gasteiger partial charge in [-0.15, -0.1) is 0 Å². The van der Waals surface area contributed by atoms with Gasteiger partial charge >= 0.3 is 0 Å². The number of carbonyl (C=O) groups is 3. The van der Waals surface area contributed by atoms with Gasteiger partial charge in [0, 0.05) is 30.3 Å². The Labute approximate surface area is 218 Å². The van der Waals surface area contributed by atoms with E-state index in [1.807, 2.05) is 24.3 Å². The van der Waals surface area contributed by atoms with E-state index in [2.05, 4.69) is 10.3 Å². The Morgan fingerprint density at radius 1 is 1.03 bits per heavy atom. The summed E-state index contributed by atoms with van der Waals surface area (Å²) in [6.07, 6.45) is 0.969. The van der Waals surface area contributed by atoms with Gasteiger partial charge in [0.25, 0.3) is 5.91 Å². The molecule has 36 heavy (non-hydrogen) atoms. The summed E-state index contributed by atoms with van der Waals surface area (Å²) in [7, 11) is 1.65. The first-order chi connectivity index (χ1) is 17.1. The second kappa shape index (κ2) is 10.5. The van der Waals surface area contributed by atoms with Crippen molar-refractivity contribution in [2.75, 3.05) is 11.9 Å². The van der Waals surface area contributed by atoms with Gasteiger partial charge in [-0.25, -0.2) is 0 Å². The van der Waals surface area contributed by atoms with Crippen LogP contribution >= 0.6 is 23.2 Å². The van der Waals surface area contributed by atoms with E-state index in [9.17, 15) is 14.4 Å². The van der Waals surface area contributed by atoms with Crippen LogP contribution in [0.1, 0.15) is 28.4 Å². The van der Waals surface area contributed by atoms with E-state index in [-0.39, 0.29) is 11.8 Å². The van der Waals surface area contributed by atoms with Crippen molar-refractivity contribution < 1.29 is 14.4 Å². The Morgan fingerprint density at radius 3 is 2.39 bits per heavy atom. The standard InChI is InChI=1S/C27H24Cl2N4O3/c1-15(11-16-3-10-21(28)22(29)12-16)26(35)32-25-27(36)33(2)23-13-19(8-9-20(23)14-31-25)17-4-6-18(7-5-17)24(30)34/h3-10,12-15,25H,11H2,1-2H3,(H2,30,34)(H,32,35). The van der Waals surface area contributed by atoms with Gasteiger partial charge in [-0.1, -0.05) is 60.5 Å². The smallest absolute Gasteiger partial charge is 0.272 e. The van der Waals surface area contributed by atoms with Crippen molar-refractivity contribution in [1.29, 1.82) is 0 Å². The second-order valence-electron chi connectivity index (χ2n) is 8.66. The number of benzene rings is 3. The number of nitrogens with zero attached hydrogens (tertiary/aromatic N) is 2. The summed E-state index contributed by atoms with van der Waals surface area (Å²) in [5.74, 6) is -1.58. The number of benzodiazepines with no additional fused rings is 1. The lowest BCUT2D eigenvalue weighted by atomic mass is 10.0. The van der Waals surface area contributed by atoms with Crippen LogP contribution in [0, 0.1) is 5.92 Å². The Morgan fingerprint density at radius 2 is 1.72 bits per heavy atom. The van der Waals surface area contributed by atoms with Crippen molar-refractivity contribution in [3.05, 3.63) is 87.4 Å². The predicted molar refractivity (Wildman–Crippen MR) is 143 cm³/mol. The van der Waals surface area contributed by atoms with Crippen LogP contribution < -0.4 is 16.0 Å². The minimum Gasteiger partial charge on any atom is -0.366 e. The van der Waals surface area contributed by atoms with E-state index < -0.39 is 18.0 Å². The van der Waals surface area contributed by atoms with Crippen LogP contribution in [0.15, 0.2) is 65.7 Å². The number of aliphatic imine (C=N–C) groups is 1. The third-order valence-corrected chi connectivity index (χ3v) is 6.81. The van der Waals surface area contributed by atoms with Crippen molar-refractivity contribution in [2.24, 2.45) is 16.6 Å². The maximum Gasteiger partial charge on any atom is 0.272 e. The van der Waals surface area contributed by atoms with Gasteiger partial charge in [-0.3, -0.25) is 19.4 Å². The molecule has 0 fully saturated rings. The monoisotopic (exact) mass is 522 g/mol. The Bertz CT molecular complexity index is 1370. The number of fused-ring (bicyclic) bond motifs is 1. The predicted octanol–water partition coefficient (Wildman–Crippen LogP) is 4.48. The molecule has 1 heterocycles. The van der Waals surface area contributed by atoms with Crippen molar-refractivity contribution >= 4 is 52.8 Å². The molecule has 1 aliphatic heterocycles. The van der Waals surface area contributed by atoms with Gasteiger partial charge in [-0.05, 0) is 53.4 Å². The van der Waals surface area contributed by atoms with Crippen LogP contribution in [0.5, 0.6) is 0 Å². The summed E-state index contributed by atoms with van der Waals surface area (Å²) < 4.78 is 0. The molecule has 0 spiro atoms. The van der Waals surface area contributed by atoms with Crippen LogP contribution in [0.2, 0.25) is 10.0 Å². The van der Waals surface area contributed by atoms with Crippen LogP contribution in [0.25, 0.3) is 11.1 Å². The van der Waals surface area contributed by atoms with Crippen molar-refractivity contribution in [3.63, 3.8) is 0 Å². The highest BCUT2D eigenvalue weighted by molar-refractivity contribution is 6.42. The molecule has 184 valence electrons. The molecule has 4 rings (SSSR count). The van der Waals surface area contributed by atoms with Crippen molar-refractivity contribution in [2.45, 2.75) is 19.5 Å². The number of hydrogen-bond acceptors (Lipinski definition) is 4. The summed E-state index contributed by atoms with van der Waals surface area (Å²) in [4.78, 5) is 43.2. The van der Waals surface area contributed by atoms with Crippen LogP contribution in [0.3, 0.4) is 0 Å². The van der Waals surface area contributed by atoms with E-state index in [1.165, 1.54) is 4.90 Å². The third kappa shape index (κ3) is 5.42. The Kier molecular flexibility index (Phi) is 7.43. The third-order valence-electron chi connectivity index (χ3n) is 6.07. The number of halogens is 2. The number of amides is 3. The Balaban J connectivity index is 1.49. The fourth-order valence-corrected chi connectivity index (χ4v) is 4.28. The molecule has 7 nitrogen and oxygen atoms in total. The maximum atomic E-state index is 13.2. The molecule has 2 atom stereocenters. The minimum atomic E-state index is -1.05. The SMILES string of the molecule is CC(Cc1ccc(Cl)c(Cl)c1)C(=O)NC1N=Cc2ccc(-c3ccc(C(N)=O)cc3)cc2N(C)C1=O. The first-order valence-electron chi connectivity index (χ1n) is 11.2. The zero-order valence-corrected chi connectivity index (χ0v) is 21.2. The van der Waals surface area contributed by atoms with E-state index in [4.69, 9.17) is 28.9 Å². The van der Waals surface area contributed by atoms with Gasteiger partial charge in [0.2, 0.25) is 18.0 Å². The van der Waals surface area contributed by atoms with Crippen LogP contribution in [-0.2, 0) is 16.0 Å². The number of nitrogens with two attached hydrogens (primary N) is 1. The molecular weight excluding hydrogens is 499 g/mol. The molecule has 3 aromatic carbocycles. The summed E-state index contributed by atoms with van der Waals surface area (Å²) in [6, 6.07) is 17.8. The summed E-state index contributed by atoms with van der Waals surface area (Å²) in [5, 5.41) is 3.62. The average Bonchev–Trinajstić information content (AvgIpc) is 2.98. The van der Waals surface area contributed by atoms with Gasteiger partial charge in [0.1, 0.15) is 0 Å². The molecule has 0 aliphatic carbocycles. The summed E-state index contributed by atoms with van der Waals surface area (Å²) in [5.41, 5.74) is 9.72. The fourth-order valence-electron chi connectivity index (χ4n) is 3.96. The molecule has 3 N–H and O–H groups in total. The number of anilines is 1. The number of hydrogen-bond donors (Lipinski definition) is 2. The summed E-state index contributed by atoms with van der Waals surface area (Å²) in [6.45, 7) is 1.77. The second-order valence-corrected chi connectivity index (χ2v) is 9.47. The molecule has 0 radical (unpaired) electrons.